The van der Waals surface area contributed by atoms with Crippen molar-refractivity contribution in [3.05, 3.63) is 24.3 Å². The molecule has 1 N–H and O–H groups in total. The Labute approximate surface area is 89.6 Å². The molecule has 1 aliphatic heterocycles. The van der Waals surface area contributed by atoms with Crippen LogP contribution in [-0.2, 0) is 0 Å². The van der Waals surface area contributed by atoms with Gasteiger partial charge in [0.05, 0.1) is 18.2 Å². The molecule has 15 heavy (non-hydrogen) atoms. The second-order valence-corrected chi connectivity index (χ2v) is 3.84. The van der Waals surface area contributed by atoms with E-state index in [1.807, 2.05) is 18.2 Å². The zero-order valence-corrected chi connectivity index (χ0v) is 8.56. The van der Waals surface area contributed by atoms with Crippen LogP contribution in [0.15, 0.2) is 24.3 Å². The molecule has 1 fully saturated rings. The lowest BCUT2D eigenvalue weighted by Gasteiger charge is -2.25. The van der Waals surface area contributed by atoms with E-state index >= 15 is 0 Å². The molecule has 0 spiro atoms. The Morgan fingerprint density at radius 3 is 3.00 bits per heavy atom. The quantitative estimate of drug-likeness (QED) is 0.800. The predicted octanol–water partition coefficient (Wildman–Crippen LogP) is 2.27. The molecule has 3 heteroatoms. The average molecular weight is 202 g/mol. The van der Waals surface area contributed by atoms with Crippen LogP contribution < -0.4 is 4.90 Å². The van der Waals surface area contributed by atoms with Crippen LogP contribution in [0.2, 0.25) is 0 Å². The van der Waals surface area contributed by atoms with E-state index in [0.29, 0.717) is 12.2 Å². The first-order valence-electron chi connectivity index (χ1n) is 5.24. The average Bonchev–Trinajstić information content (AvgIpc) is 2.67. The van der Waals surface area contributed by atoms with Crippen molar-refractivity contribution in [1.29, 1.82) is 5.26 Å². The van der Waals surface area contributed by atoms with Gasteiger partial charge < -0.3 is 10.0 Å². The van der Waals surface area contributed by atoms with Crippen LogP contribution in [0.3, 0.4) is 0 Å². The van der Waals surface area contributed by atoms with Crippen LogP contribution in [0.4, 0.5) is 5.69 Å². The van der Waals surface area contributed by atoms with Gasteiger partial charge in [-0.2, -0.15) is 5.26 Å². The summed E-state index contributed by atoms with van der Waals surface area (Å²) in [6.07, 6.45) is 2.68. The summed E-state index contributed by atoms with van der Waals surface area (Å²) in [7, 11) is 0. The van der Waals surface area contributed by atoms with Gasteiger partial charge in [0.25, 0.3) is 0 Å². The fraction of sp³-hybridized carbons (Fsp3) is 0.417. The van der Waals surface area contributed by atoms with Crippen LogP contribution >= 0.6 is 0 Å². The monoisotopic (exact) mass is 202 g/mol. The van der Waals surface area contributed by atoms with Gasteiger partial charge in [-0.1, -0.05) is 12.1 Å². The first kappa shape index (κ1) is 9.85. The summed E-state index contributed by atoms with van der Waals surface area (Å²) in [4.78, 5) is 2.14. The summed E-state index contributed by atoms with van der Waals surface area (Å²) in [5.74, 6) is 0.308. The Kier molecular flexibility index (Phi) is 2.77. The zero-order chi connectivity index (χ0) is 10.7. The predicted molar refractivity (Wildman–Crippen MR) is 58.7 cm³/mol. The van der Waals surface area contributed by atoms with Crippen molar-refractivity contribution < 1.29 is 5.11 Å². The second kappa shape index (κ2) is 4.22. The van der Waals surface area contributed by atoms with Crippen molar-refractivity contribution in [3.63, 3.8) is 0 Å². The standard InChI is InChI=1S/C12H14N2O/c13-8-7-10-4-3-9-14(10)11-5-1-2-6-12(11)15/h1-2,5-6,10,15H,3-4,7,9H2. The molecule has 0 amide bonds. The Balaban J connectivity index is 2.23. The van der Waals surface area contributed by atoms with E-state index in [1.165, 1.54) is 0 Å². The molecule has 0 saturated carbocycles. The summed E-state index contributed by atoms with van der Waals surface area (Å²) in [6, 6.07) is 9.80. The van der Waals surface area contributed by atoms with E-state index in [0.717, 1.165) is 25.1 Å². The minimum atomic E-state index is 0.267. The molecule has 2 rings (SSSR count). The summed E-state index contributed by atoms with van der Waals surface area (Å²) in [6.45, 7) is 0.934. The molecule has 1 atom stereocenters. The molecule has 1 aliphatic rings. The third kappa shape index (κ3) is 1.89. The van der Waals surface area contributed by atoms with Crippen LogP contribution in [0.25, 0.3) is 0 Å². The highest BCUT2D eigenvalue weighted by atomic mass is 16.3. The molecule has 3 nitrogen and oxygen atoms in total. The van der Waals surface area contributed by atoms with Gasteiger partial charge in [0.2, 0.25) is 0 Å². The fourth-order valence-corrected chi connectivity index (χ4v) is 2.18. The van der Waals surface area contributed by atoms with Crippen LogP contribution in [0.1, 0.15) is 19.3 Å². The Bertz CT molecular complexity index is 383. The lowest BCUT2D eigenvalue weighted by molar-refractivity contribution is 0.473. The van der Waals surface area contributed by atoms with Crippen molar-refractivity contribution >= 4 is 5.69 Å². The minimum absolute atomic E-state index is 0.267. The Morgan fingerprint density at radius 1 is 1.47 bits per heavy atom. The summed E-state index contributed by atoms with van der Waals surface area (Å²) < 4.78 is 0. The second-order valence-electron chi connectivity index (χ2n) is 3.84. The topological polar surface area (TPSA) is 47.3 Å². The molecule has 0 bridgehead atoms. The Morgan fingerprint density at radius 2 is 2.27 bits per heavy atom. The van der Waals surface area contributed by atoms with Crippen LogP contribution in [-0.4, -0.2) is 17.7 Å². The number of benzene rings is 1. The maximum absolute atomic E-state index is 9.73. The van der Waals surface area contributed by atoms with Gasteiger partial charge in [-0.25, -0.2) is 0 Å². The van der Waals surface area contributed by atoms with E-state index in [-0.39, 0.29) is 6.04 Å². The molecule has 1 aromatic rings. The van der Waals surface area contributed by atoms with Gasteiger partial charge in [-0.15, -0.1) is 0 Å². The maximum atomic E-state index is 9.73. The number of aromatic hydroxyl groups is 1. The van der Waals surface area contributed by atoms with Gasteiger partial charge in [0.15, 0.2) is 0 Å². The van der Waals surface area contributed by atoms with Crippen LogP contribution in [0, 0.1) is 11.3 Å². The molecule has 1 saturated heterocycles. The minimum Gasteiger partial charge on any atom is -0.506 e. The molecule has 1 heterocycles. The van der Waals surface area contributed by atoms with Gasteiger partial charge in [-0.3, -0.25) is 0 Å². The summed E-state index contributed by atoms with van der Waals surface area (Å²) in [5, 5.41) is 18.5. The third-order valence-corrected chi connectivity index (χ3v) is 2.90. The SMILES string of the molecule is N#CCC1CCCN1c1ccccc1O. The molecule has 0 aromatic heterocycles. The number of nitriles is 1. The third-order valence-electron chi connectivity index (χ3n) is 2.90. The normalized spacial score (nSPS) is 20.2. The highest BCUT2D eigenvalue weighted by Gasteiger charge is 2.25. The number of hydrogen-bond donors (Lipinski definition) is 1. The van der Waals surface area contributed by atoms with Gasteiger partial charge in [-0.05, 0) is 25.0 Å². The van der Waals surface area contributed by atoms with E-state index in [9.17, 15) is 5.11 Å². The first-order valence-corrected chi connectivity index (χ1v) is 5.24. The highest BCUT2D eigenvalue weighted by molar-refractivity contribution is 5.58. The van der Waals surface area contributed by atoms with Crippen molar-refractivity contribution in [2.45, 2.75) is 25.3 Å². The largest absolute Gasteiger partial charge is 0.506 e. The highest BCUT2D eigenvalue weighted by Crippen LogP contribution is 2.33. The summed E-state index contributed by atoms with van der Waals surface area (Å²) >= 11 is 0. The first-order chi connectivity index (χ1) is 7.33. The molecular weight excluding hydrogens is 188 g/mol. The lowest BCUT2D eigenvalue weighted by atomic mass is 10.1. The molecule has 1 aromatic carbocycles. The number of hydrogen-bond acceptors (Lipinski definition) is 3. The van der Waals surface area contributed by atoms with E-state index in [1.54, 1.807) is 6.07 Å². The van der Waals surface area contributed by atoms with E-state index in [2.05, 4.69) is 11.0 Å². The van der Waals surface area contributed by atoms with Crippen molar-refractivity contribution in [2.24, 2.45) is 0 Å². The number of phenolic OH excluding ortho intramolecular Hbond substituents is 1. The van der Waals surface area contributed by atoms with Gasteiger partial charge in [0.1, 0.15) is 5.75 Å². The number of nitrogens with zero attached hydrogens (tertiary/aromatic N) is 2. The van der Waals surface area contributed by atoms with E-state index in [4.69, 9.17) is 5.26 Å². The number of para-hydroxylation sites is 2. The number of rotatable bonds is 2. The molecule has 1 unspecified atom stereocenters. The molecular formula is C12H14N2O. The molecule has 0 radical (unpaired) electrons. The fourth-order valence-electron chi connectivity index (χ4n) is 2.18. The summed E-state index contributed by atoms with van der Waals surface area (Å²) in [5.41, 5.74) is 0.857. The maximum Gasteiger partial charge on any atom is 0.138 e. The van der Waals surface area contributed by atoms with Gasteiger partial charge in [0, 0.05) is 12.6 Å². The van der Waals surface area contributed by atoms with Crippen molar-refractivity contribution in [2.75, 3.05) is 11.4 Å². The number of anilines is 1. The van der Waals surface area contributed by atoms with Crippen molar-refractivity contribution in [3.8, 4) is 11.8 Å². The van der Waals surface area contributed by atoms with Gasteiger partial charge >= 0.3 is 0 Å². The van der Waals surface area contributed by atoms with Crippen molar-refractivity contribution in [1.82, 2.24) is 0 Å². The lowest BCUT2D eigenvalue weighted by Crippen LogP contribution is -2.28. The zero-order valence-electron chi connectivity index (χ0n) is 8.56. The van der Waals surface area contributed by atoms with E-state index < -0.39 is 0 Å². The smallest absolute Gasteiger partial charge is 0.138 e. The molecule has 0 aliphatic carbocycles. The molecule has 78 valence electrons. The van der Waals surface area contributed by atoms with Crippen LogP contribution in [0.5, 0.6) is 5.75 Å². The Hall–Kier alpha value is -1.69. The number of phenols is 1.